The van der Waals surface area contributed by atoms with Gasteiger partial charge in [-0.15, -0.1) is 11.8 Å². The molecule has 4 rings (SSSR count). The largest absolute Gasteiger partial charge is 0.417 e. The summed E-state index contributed by atoms with van der Waals surface area (Å²) in [6.45, 7) is -0.0144. The molecule has 2 aromatic carbocycles. The van der Waals surface area contributed by atoms with Crippen molar-refractivity contribution in [1.29, 1.82) is 0 Å². The molecular formula is C20H15F4N3O4S. The minimum Gasteiger partial charge on any atom is -0.379 e. The van der Waals surface area contributed by atoms with E-state index < -0.39 is 51.9 Å². The number of alkyl halides is 3. The van der Waals surface area contributed by atoms with Gasteiger partial charge in [0, 0.05) is 28.9 Å². The monoisotopic (exact) mass is 469 g/mol. The number of aromatic nitrogens is 2. The number of thioether (sulfide) groups is 1. The average molecular weight is 469 g/mol. The van der Waals surface area contributed by atoms with Gasteiger partial charge in [0.1, 0.15) is 5.82 Å². The van der Waals surface area contributed by atoms with Gasteiger partial charge in [-0.1, -0.05) is 6.07 Å². The van der Waals surface area contributed by atoms with Crippen LogP contribution in [0.25, 0.3) is 22.0 Å². The minimum absolute atomic E-state index is 0.0144. The number of primary amides is 1. The predicted octanol–water partition coefficient (Wildman–Crippen LogP) is 2.73. The molecule has 1 aliphatic heterocycles. The number of benzene rings is 2. The highest BCUT2D eigenvalue weighted by atomic mass is 32.2. The molecule has 12 heteroatoms. The molecule has 0 bridgehead atoms. The Balaban J connectivity index is 2.25. The number of ether oxygens (including phenoxy) is 1. The Morgan fingerprint density at radius 1 is 1.28 bits per heavy atom. The molecule has 0 radical (unpaired) electrons. The van der Waals surface area contributed by atoms with E-state index in [1.807, 2.05) is 4.98 Å². The Morgan fingerprint density at radius 2 is 2.00 bits per heavy atom. The number of hydrogen-bond acceptors (Lipinski definition) is 5. The molecule has 0 fully saturated rings. The summed E-state index contributed by atoms with van der Waals surface area (Å²) >= 11 is 0.945. The maximum atomic E-state index is 14.2. The number of nitrogens with two attached hydrogens (primary N) is 1. The first-order valence-electron chi connectivity index (χ1n) is 9.19. The van der Waals surface area contributed by atoms with E-state index in [2.05, 4.69) is 0 Å². The van der Waals surface area contributed by atoms with Crippen LogP contribution in [0.2, 0.25) is 0 Å². The number of hydrogen-bond donors (Lipinski definition) is 2. The maximum Gasteiger partial charge on any atom is 0.417 e. The number of carbonyl (C=O) groups excluding carboxylic acids is 1. The van der Waals surface area contributed by atoms with Gasteiger partial charge in [-0.2, -0.15) is 13.2 Å². The summed E-state index contributed by atoms with van der Waals surface area (Å²) in [5.74, 6) is -1.83. The summed E-state index contributed by atoms with van der Waals surface area (Å²) in [6.07, 6.45) is -5.49. The summed E-state index contributed by atoms with van der Waals surface area (Å²) in [4.78, 5) is 38.9. The van der Waals surface area contributed by atoms with Crippen molar-refractivity contribution in [1.82, 2.24) is 9.55 Å². The van der Waals surface area contributed by atoms with E-state index in [1.54, 1.807) is 0 Å². The summed E-state index contributed by atoms with van der Waals surface area (Å²) in [5, 5.41) is -0.345. The van der Waals surface area contributed by atoms with E-state index in [4.69, 9.17) is 10.5 Å². The van der Waals surface area contributed by atoms with Crippen molar-refractivity contribution in [2.24, 2.45) is 5.73 Å². The molecule has 0 saturated carbocycles. The number of nitrogens with one attached hydrogen (secondary N) is 1. The predicted molar refractivity (Wildman–Crippen MR) is 109 cm³/mol. The normalized spacial score (nSPS) is 16.2. The molecule has 7 nitrogen and oxygen atoms in total. The number of H-pyrrole nitrogens is 1. The number of nitrogens with zero attached hydrogens (tertiary/aromatic N) is 1. The van der Waals surface area contributed by atoms with Gasteiger partial charge in [-0.25, -0.2) is 9.18 Å². The lowest BCUT2D eigenvalue weighted by atomic mass is 9.93. The van der Waals surface area contributed by atoms with E-state index in [0.29, 0.717) is 6.07 Å². The molecule has 0 spiro atoms. The summed E-state index contributed by atoms with van der Waals surface area (Å²) in [6, 6.07) is 3.31. The molecular weight excluding hydrogens is 454 g/mol. The molecule has 1 aliphatic rings. The lowest BCUT2D eigenvalue weighted by Gasteiger charge is -2.21. The lowest BCUT2D eigenvalue weighted by Crippen LogP contribution is -2.34. The maximum absolute atomic E-state index is 14.2. The second-order valence-corrected chi connectivity index (χ2v) is 8.15. The van der Waals surface area contributed by atoms with Crippen molar-refractivity contribution in [2.75, 3.05) is 12.9 Å². The van der Waals surface area contributed by atoms with E-state index in [-0.39, 0.29) is 33.7 Å². The van der Waals surface area contributed by atoms with Crippen LogP contribution in [0.1, 0.15) is 15.9 Å². The van der Waals surface area contributed by atoms with Gasteiger partial charge in [0.15, 0.2) is 0 Å². The van der Waals surface area contributed by atoms with Crippen molar-refractivity contribution in [3.05, 3.63) is 62.0 Å². The summed E-state index contributed by atoms with van der Waals surface area (Å²) < 4.78 is 62.7. The van der Waals surface area contributed by atoms with Gasteiger partial charge < -0.3 is 10.5 Å². The van der Waals surface area contributed by atoms with Gasteiger partial charge in [-0.05, 0) is 23.8 Å². The fourth-order valence-electron chi connectivity index (χ4n) is 3.74. The van der Waals surface area contributed by atoms with Gasteiger partial charge in [-0.3, -0.25) is 19.1 Å². The van der Waals surface area contributed by atoms with Crippen LogP contribution in [0.15, 0.2) is 38.8 Å². The molecule has 3 N–H and O–H groups in total. The summed E-state index contributed by atoms with van der Waals surface area (Å²) in [7, 11) is 1.39. The van der Waals surface area contributed by atoms with Crippen molar-refractivity contribution in [3.8, 4) is 11.1 Å². The van der Waals surface area contributed by atoms with Crippen LogP contribution in [-0.2, 0) is 17.5 Å². The quantitative estimate of drug-likeness (QED) is 0.574. The van der Waals surface area contributed by atoms with E-state index in [1.165, 1.54) is 7.11 Å². The third-order valence-corrected chi connectivity index (χ3v) is 6.41. The molecule has 32 heavy (non-hydrogen) atoms. The number of rotatable bonds is 3. The van der Waals surface area contributed by atoms with Gasteiger partial charge in [0.25, 0.3) is 5.56 Å². The molecule has 0 unspecified atom stereocenters. The van der Waals surface area contributed by atoms with Crippen LogP contribution in [0.5, 0.6) is 0 Å². The van der Waals surface area contributed by atoms with Gasteiger partial charge in [0.2, 0.25) is 5.91 Å². The van der Waals surface area contributed by atoms with Crippen molar-refractivity contribution >= 4 is 28.6 Å². The Hall–Kier alpha value is -3.12. The fourth-order valence-corrected chi connectivity index (χ4v) is 5.06. The van der Waals surface area contributed by atoms with Gasteiger partial charge >= 0.3 is 11.9 Å². The van der Waals surface area contributed by atoms with Crippen LogP contribution in [0, 0.1) is 5.82 Å². The first-order valence-corrected chi connectivity index (χ1v) is 10.2. The highest BCUT2D eigenvalue weighted by Crippen LogP contribution is 2.47. The van der Waals surface area contributed by atoms with E-state index >= 15 is 0 Å². The average Bonchev–Trinajstić information content (AvgIpc) is 2.91. The van der Waals surface area contributed by atoms with E-state index in [0.717, 1.165) is 34.5 Å². The Morgan fingerprint density at radius 3 is 2.62 bits per heavy atom. The first-order chi connectivity index (χ1) is 15.0. The zero-order valence-electron chi connectivity index (χ0n) is 16.4. The van der Waals surface area contributed by atoms with Crippen molar-refractivity contribution in [3.63, 3.8) is 0 Å². The SMILES string of the molecule is CO[C@@H]1CSc2c(-c3ccc(F)cc3C(N)=O)c(C(F)(F)F)cc3c(=O)[nH]c(=O)n(c23)C1. The molecule has 168 valence electrons. The number of halogens is 4. The molecule has 1 amide bonds. The second-order valence-electron chi connectivity index (χ2n) is 7.11. The lowest BCUT2D eigenvalue weighted by molar-refractivity contribution is -0.137. The molecule has 0 saturated heterocycles. The Labute approximate surface area is 181 Å². The topological polar surface area (TPSA) is 107 Å². The Kier molecular flexibility index (Phi) is 5.37. The number of methoxy groups -OCH3 is 1. The standard InChI is InChI=1S/C20H15F4N3O4S/c1-31-9-6-27-15-12(18(29)26-19(27)30)5-13(20(22,23)24)14(16(15)32-7-9)10-3-2-8(21)4-11(10)17(25)28/h2-5,9H,6-7H2,1H3,(H2,25,28)(H,26,29,30)/t9-/m0/s1. The third-order valence-electron chi connectivity index (χ3n) is 5.19. The number of carbonyl (C=O) groups is 1. The van der Waals surface area contributed by atoms with Crippen LogP contribution < -0.4 is 17.0 Å². The molecule has 1 atom stereocenters. The molecule has 0 aliphatic carbocycles. The molecule has 1 aromatic heterocycles. The number of aromatic amines is 1. The second kappa shape index (κ2) is 7.78. The zero-order chi connectivity index (χ0) is 23.4. The minimum atomic E-state index is -4.94. The smallest absolute Gasteiger partial charge is 0.379 e. The number of amides is 1. The Bertz CT molecular complexity index is 1380. The first kappa shape index (κ1) is 22.1. The molecule has 2 heterocycles. The van der Waals surface area contributed by atoms with E-state index in [9.17, 15) is 31.9 Å². The van der Waals surface area contributed by atoms with Crippen LogP contribution in [-0.4, -0.2) is 34.4 Å². The van der Waals surface area contributed by atoms with Crippen LogP contribution in [0.4, 0.5) is 17.6 Å². The highest BCUT2D eigenvalue weighted by molar-refractivity contribution is 7.99. The zero-order valence-corrected chi connectivity index (χ0v) is 17.2. The third kappa shape index (κ3) is 3.58. The summed E-state index contributed by atoms with van der Waals surface area (Å²) in [5.41, 5.74) is 1.12. The van der Waals surface area contributed by atoms with Crippen LogP contribution in [0.3, 0.4) is 0 Å². The van der Waals surface area contributed by atoms with Crippen LogP contribution >= 0.6 is 11.8 Å². The highest BCUT2D eigenvalue weighted by Gasteiger charge is 2.38. The fraction of sp³-hybridized carbons (Fsp3) is 0.250. The van der Waals surface area contributed by atoms with Gasteiger partial charge in [0.05, 0.1) is 29.1 Å². The molecule has 3 aromatic rings. The van der Waals surface area contributed by atoms with Crippen molar-refractivity contribution < 1.29 is 27.1 Å². The van der Waals surface area contributed by atoms with Crippen molar-refractivity contribution in [2.45, 2.75) is 23.7 Å².